The topological polar surface area (TPSA) is 41.1 Å². The molecule has 1 heterocycles. The van der Waals surface area contributed by atoms with Gasteiger partial charge in [0.1, 0.15) is 5.82 Å². The van der Waals surface area contributed by atoms with Gasteiger partial charge in [0.25, 0.3) is 0 Å². The van der Waals surface area contributed by atoms with Crippen molar-refractivity contribution in [2.75, 3.05) is 18.4 Å². The van der Waals surface area contributed by atoms with E-state index in [-0.39, 0.29) is 10.9 Å². The third-order valence-corrected chi connectivity index (χ3v) is 2.83. The molecule has 2 N–H and O–H groups in total. The van der Waals surface area contributed by atoms with Crippen LogP contribution < -0.4 is 10.6 Å². The van der Waals surface area contributed by atoms with Crippen molar-refractivity contribution in [3.05, 3.63) is 29.0 Å². The summed E-state index contributed by atoms with van der Waals surface area (Å²) in [5.74, 6) is -0.132. The van der Waals surface area contributed by atoms with Gasteiger partial charge in [0, 0.05) is 12.1 Å². The summed E-state index contributed by atoms with van der Waals surface area (Å²) in [4.78, 5) is 11.5. The van der Waals surface area contributed by atoms with Crippen molar-refractivity contribution in [1.82, 2.24) is 5.32 Å². The van der Waals surface area contributed by atoms with E-state index in [1.54, 1.807) is 0 Å². The summed E-state index contributed by atoms with van der Waals surface area (Å²) >= 11 is 5.61. The second-order valence-electron chi connectivity index (χ2n) is 3.91. The largest absolute Gasteiger partial charge is 0.326 e. The maximum atomic E-state index is 12.9. The molecule has 5 heteroatoms. The highest BCUT2D eigenvalue weighted by Crippen LogP contribution is 2.20. The van der Waals surface area contributed by atoms with Gasteiger partial charge in [0.15, 0.2) is 0 Å². The fraction of sp³-hybridized carbons (Fsp3) is 0.364. The predicted molar refractivity (Wildman–Crippen MR) is 61.0 cm³/mol. The molecule has 0 bridgehead atoms. The fourth-order valence-electron chi connectivity index (χ4n) is 1.54. The zero-order valence-corrected chi connectivity index (χ0v) is 9.35. The van der Waals surface area contributed by atoms with E-state index in [2.05, 4.69) is 10.6 Å². The van der Waals surface area contributed by atoms with Crippen LogP contribution in [0.5, 0.6) is 0 Å². The van der Waals surface area contributed by atoms with Gasteiger partial charge < -0.3 is 10.6 Å². The lowest BCUT2D eigenvalue weighted by molar-refractivity contribution is -0.117. The van der Waals surface area contributed by atoms with Crippen molar-refractivity contribution in [2.24, 2.45) is 5.92 Å². The summed E-state index contributed by atoms with van der Waals surface area (Å²) in [5, 5.41) is 5.80. The van der Waals surface area contributed by atoms with E-state index in [1.165, 1.54) is 18.2 Å². The van der Waals surface area contributed by atoms with Gasteiger partial charge in [-0.1, -0.05) is 11.6 Å². The van der Waals surface area contributed by atoms with Crippen LogP contribution in [0.1, 0.15) is 6.42 Å². The highest BCUT2D eigenvalue weighted by molar-refractivity contribution is 6.31. The molecule has 1 saturated heterocycles. The van der Waals surface area contributed by atoms with Gasteiger partial charge >= 0.3 is 0 Å². The Morgan fingerprint density at radius 3 is 2.88 bits per heavy atom. The molecule has 1 aliphatic heterocycles. The Hall–Kier alpha value is -1.13. The molecule has 1 aromatic rings. The minimum Gasteiger partial charge on any atom is -0.326 e. The Morgan fingerprint density at radius 2 is 2.31 bits per heavy atom. The molecule has 16 heavy (non-hydrogen) atoms. The minimum atomic E-state index is -0.483. The number of amides is 1. The molecule has 2 rings (SSSR count). The number of nitrogens with one attached hydrogen (secondary N) is 2. The Morgan fingerprint density at radius 1 is 1.56 bits per heavy atom. The highest BCUT2D eigenvalue weighted by Gasteiger charge is 2.20. The molecule has 0 saturated carbocycles. The van der Waals surface area contributed by atoms with Gasteiger partial charge in [-0.2, -0.15) is 0 Å². The SMILES string of the molecule is O=C(CC1CNC1)Nc1ccc(F)c(Cl)c1. The smallest absolute Gasteiger partial charge is 0.224 e. The summed E-state index contributed by atoms with van der Waals surface area (Å²) in [7, 11) is 0. The summed E-state index contributed by atoms with van der Waals surface area (Å²) < 4.78 is 12.9. The first-order valence-electron chi connectivity index (χ1n) is 5.11. The van der Waals surface area contributed by atoms with E-state index in [4.69, 9.17) is 11.6 Å². The zero-order chi connectivity index (χ0) is 11.5. The molecule has 1 amide bonds. The summed E-state index contributed by atoms with van der Waals surface area (Å²) in [6.07, 6.45) is 0.488. The number of hydrogen-bond acceptors (Lipinski definition) is 2. The summed E-state index contributed by atoms with van der Waals surface area (Å²) in [6, 6.07) is 4.15. The second-order valence-corrected chi connectivity index (χ2v) is 4.31. The van der Waals surface area contributed by atoms with Crippen molar-refractivity contribution in [3.8, 4) is 0 Å². The Bertz CT molecular complexity index is 407. The molecular formula is C11H12ClFN2O. The molecule has 0 aromatic heterocycles. The molecule has 1 aromatic carbocycles. The average Bonchev–Trinajstić information content (AvgIpc) is 2.18. The molecule has 0 unspecified atom stereocenters. The first-order valence-corrected chi connectivity index (χ1v) is 5.48. The minimum absolute atomic E-state index is 0.0168. The van der Waals surface area contributed by atoms with Crippen LogP contribution in [-0.4, -0.2) is 19.0 Å². The normalized spacial score (nSPS) is 15.6. The highest BCUT2D eigenvalue weighted by atomic mass is 35.5. The third-order valence-electron chi connectivity index (χ3n) is 2.54. The molecule has 1 fully saturated rings. The van der Waals surface area contributed by atoms with Crippen LogP contribution in [-0.2, 0) is 4.79 Å². The first kappa shape index (κ1) is 11.4. The molecule has 1 aliphatic rings. The van der Waals surface area contributed by atoms with Gasteiger partial charge in [0.05, 0.1) is 5.02 Å². The van der Waals surface area contributed by atoms with E-state index in [9.17, 15) is 9.18 Å². The van der Waals surface area contributed by atoms with Crippen LogP contribution in [0.15, 0.2) is 18.2 Å². The predicted octanol–water partition coefficient (Wildman–Crippen LogP) is 2.03. The van der Waals surface area contributed by atoms with Crippen LogP contribution in [0.4, 0.5) is 10.1 Å². The van der Waals surface area contributed by atoms with E-state index in [0.717, 1.165) is 13.1 Å². The lowest BCUT2D eigenvalue weighted by Crippen LogP contribution is -2.43. The molecule has 0 atom stereocenters. The van der Waals surface area contributed by atoms with E-state index < -0.39 is 5.82 Å². The molecule has 3 nitrogen and oxygen atoms in total. The molecule has 0 radical (unpaired) electrons. The first-order chi connectivity index (χ1) is 7.65. The van der Waals surface area contributed by atoms with E-state index in [1.807, 2.05) is 0 Å². The Labute approximate surface area is 98.0 Å². The quantitative estimate of drug-likeness (QED) is 0.852. The van der Waals surface area contributed by atoms with Gasteiger partial charge in [-0.15, -0.1) is 0 Å². The monoisotopic (exact) mass is 242 g/mol. The van der Waals surface area contributed by atoms with Gasteiger partial charge in [-0.25, -0.2) is 4.39 Å². The molecule has 0 aliphatic carbocycles. The fourth-order valence-corrected chi connectivity index (χ4v) is 1.72. The van der Waals surface area contributed by atoms with Crippen LogP contribution >= 0.6 is 11.6 Å². The zero-order valence-electron chi connectivity index (χ0n) is 8.59. The number of anilines is 1. The molecule has 86 valence electrons. The van der Waals surface area contributed by atoms with Crippen LogP contribution in [0, 0.1) is 11.7 Å². The second kappa shape index (κ2) is 4.80. The van der Waals surface area contributed by atoms with Crippen molar-refractivity contribution >= 4 is 23.2 Å². The molecular weight excluding hydrogens is 231 g/mol. The van der Waals surface area contributed by atoms with Crippen molar-refractivity contribution in [2.45, 2.75) is 6.42 Å². The van der Waals surface area contributed by atoms with Crippen molar-refractivity contribution in [3.63, 3.8) is 0 Å². The maximum absolute atomic E-state index is 12.9. The number of rotatable bonds is 3. The molecule has 0 spiro atoms. The number of hydrogen-bond donors (Lipinski definition) is 2. The van der Waals surface area contributed by atoms with Gasteiger partial charge in [-0.3, -0.25) is 4.79 Å². The van der Waals surface area contributed by atoms with Crippen LogP contribution in [0.25, 0.3) is 0 Å². The van der Waals surface area contributed by atoms with E-state index >= 15 is 0 Å². The Kier molecular flexibility index (Phi) is 3.41. The third kappa shape index (κ3) is 2.71. The van der Waals surface area contributed by atoms with Gasteiger partial charge in [0.2, 0.25) is 5.91 Å². The number of carbonyl (C=O) groups excluding carboxylic acids is 1. The van der Waals surface area contributed by atoms with Crippen LogP contribution in [0.3, 0.4) is 0 Å². The Balaban J connectivity index is 1.92. The van der Waals surface area contributed by atoms with Crippen LogP contribution in [0.2, 0.25) is 5.02 Å². The lowest BCUT2D eigenvalue weighted by Gasteiger charge is -2.26. The number of carbonyl (C=O) groups is 1. The lowest BCUT2D eigenvalue weighted by atomic mass is 9.99. The number of benzene rings is 1. The van der Waals surface area contributed by atoms with Crippen molar-refractivity contribution in [1.29, 1.82) is 0 Å². The average molecular weight is 243 g/mol. The maximum Gasteiger partial charge on any atom is 0.224 e. The van der Waals surface area contributed by atoms with E-state index in [0.29, 0.717) is 18.0 Å². The summed E-state index contributed by atoms with van der Waals surface area (Å²) in [6.45, 7) is 1.77. The standard InChI is InChI=1S/C11H12ClFN2O/c12-9-4-8(1-2-10(9)13)15-11(16)3-7-5-14-6-7/h1-2,4,7,14H,3,5-6H2,(H,15,16). The number of halogens is 2. The van der Waals surface area contributed by atoms with Gasteiger partial charge in [-0.05, 0) is 37.2 Å². The van der Waals surface area contributed by atoms with Crippen molar-refractivity contribution < 1.29 is 9.18 Å². The summed E-state index contributed by atoms with van der Waals surface area (Å²) in [5.41, 5.74) is 0.531.